The maximum absolute atomic E-state index is 11.6. The predicted molar refractivity (Wildman–Crippen MR) is 61.7 cm³/mol. The number of hydrogen-bond acceptors (Lipinski definition) is 8. The largest absolute Gasteiger partial charge is 0.393 e. The standard InChI is InChI=1S/C10H11N5O4/c11-8-5-9(13-2-12-8)15(3-14-5)10-7(18)6(17)4(1-16)19-10/h2-4,7,10,16,18H,1H2,(H2,11,12,13)/t4-,7-,10-/m1/s1. The highest BCUT2D eigenvalue weighted by molar-refractivity contribution is 5.89. The van der Waals surface area contributed by atoms with Crippen LogP contribution in [0.5, 0.6) is 0 Å². The second-order valence-corrected chi connectivity index (χ2v) is 4.13. The van der Waals surface area contributed by atoms with Crippen LogP contribution in [0.25, 0.3) is 11.2 Å². The summed E-state index contributed by atoms with van der Waals surface area (Å²) >= 11 is 0. The van der Waals surface area contributed by atoms with Crippen LogP contribution in [0, 0.1) is 0 Å². The summed E-state index contributed by atoms with van der Waals surface area (Å²) in [6.45, 7) is -0.490. The molecule has 3 heterocycles. The zero-order chi connectivity index (χ0) is 13.6. The van der Waals surface area contributed by atoms with E-state index in [9.17, 15) is 9.90 Å². The first-order valence-electron chi connectivity index (χ1n) is 5.54. The van der Waals surface area contributed by atoms with Gasteiger partial charge in [-0.2, -0.15) is 0 Å². The normalized spacial score (nSPS) is 27.3. The molecule has 0 amide bonds. The molecule has 1 fully saturated rings. The van der Waals surface area contributed by atoms with Crippen molar-refractivity contribution in [3.05, 3.63) is 12.7 Å². The number of aliphatic hydroxyl groups is 2. The van der Waals surface area contributed by atoms with Crippen LogP contribution in [0.2, 0.25) is 0 Å². The summed E-state index contributed by atoms with van der Waals surface area (Å²) in [4.78, 5) is 23.4. The van der Waals surface area contributed by atoms with Crippen LogP contribution in [0.3, 0.4) is 0 Å². The third-order valence-electron chi connectivity index (χ3n) is 3.01. The molecular weight excluding hydrogens is 254 g/mol. The zero-order valence-corrected chi connectivity index (χ0v) is 9.67. The van der Waals surface area contributed by atoms with E-state index in [4.69, 9.17) is 15.6 Å². The van der Waals surface area contributed by atoms with Crippen LogP contribution in [0.15, 0.2) is 12.7 Å². The highest BCUT2D eigenvalue weighted by Gasteiger charge is 2.43. The topological polar surface area (TPSA) is 136 Å². The Hall–Kier alpha value is -2.10. The minimum Gasteiger partial charge on any atom is -0.393 e. The van der Waals surface area contributed by atoms with Crippen molar-refractivity contribution in [2.24, 2.45) is 0 Å². The summed E-state index contributed by atoms with van der Waals surface area (Å²) < 4.78 is 6.69. The van der Waals surface area contributed by atoms with E-state index < -0.39 is 30.8 Å². The first kappa shape index (κ1) is 12.0. The van der Waals surface area contributed by atoms with Gasteiger partial charge in [0.1, 0.15) is 17.9 Å². The summed E-state index contributed by atoms with van der Waals surface area (Å²) in [5.74, 6) is -0.377. The lowest BCUT2D eigenvalue weighted by Crippen LogP contribution is -2.27. The van der Waals surface area contributed by atoms with Gasteiger partial charge in [0.05, 0.1) is 12.9 Å². The van der Waals surface area contributed by atoms with E-state index in [2.05, 4.69) is 15.0 Å². The number of hydrogen-bond donors (Lipinski definition) is 3. The van der Waals surface area contributed by atoms with E-state index in [-0.39, 0.29) is 5.82 Å². The summed E-state index contributed by atoms with van der Waals surface area (Å²) in [5, 5.41) is 18.9. The monoisotopic (exact) mass is 265 g/mol. The average molecular weight is 265 g/mol. The highest BCUT2D eigenvalue weighted by atomic mass is 16.6. The number of nitrogens with zero attached hydrogens (tertiary/aromatic N) is 4. The van der Waals surface area contributed by atoms with Crippen LogP contribution >= 0.6 is 0 Å². The Kier molecular flexibility index (Phi) is 2.66. The van der Waals surface area contributed by atoms with Gasteiger partial charge in [-0.3, -0.25) is 9.36 Å². The van der Waals surface area contributed by atoms with E-state index in [1.165, 1.54) is 17.2 Å². The Balaban J connectivity index is 2.06. The van der Waals surface area contributed by atoms with Gasteiger partial charge in [0.15, 0.2) is 29.6 Å². The Morgan fingerprint density at radius 3 is 2.89 bits per heavy atom. The molecule has 0 aromatic carbocycles. The fraction of sp³-hybridized carbons (Fsp3) is 0.400. The number of nitrogens with two attached hydrogens (primary N) is 1. The van der Waals surface area contributed by atoms with Crippen molar-refractivity contribution in [1.82, 2.24) is 19.5 Å². The minimum absolute atomic E-state index is 0.196. The van der Waals surface area contributed by atoms with Crippen molar-refractivity contribution in [1.29, 1.82) is 0 Å². The van der Waals surface area contributed by atoms with Gasteiger partial charge in [-0.05, 0) is 0 Å². The smallest absolute Gasteiger partial charge is 0.197 e. The maximum Gasteiger partial charge on any atom is 0.197 e. The molecule has 9 nitrogen and oxygen atoms in total. The molecule has 19 heavy (non-hydrogen) atoms. The van der Waals surface area contributed by atoms with E-state index in [1.807, 2.05) is 0 Å². The van der Waals surface area contributed by atoms with Gasteiger partial charge < -0.3 is 20.7 Å². The molecule has 0 radical (unpaired) electrons. The molecule has 3 rings (SSSR count). The minimum atomic E-state index is -1.38. The molecule has 0 aliphatic carbocycles. The van der Waals surface area contributed by atoms with Gasteiger partial charge in [0, 0.05) is 0 Å². The van der Waals surface area contributed by atoms with Gasteiger partial charge >= 0.3 is 0 Å². The fourth-order valence-corrected chi connectivity index (χ4v) is 2.05. The highest BCUT2D eigenvalue weighted by Crippen LogP contribution is 2.29. The SMILES string of the molecule is Nc1ncnc2c1ncn2[C@@H]1O[C@H](CO)C(=O)[C@H]1O. The summed E-state index contributed by atoms with van der Waals surface area (Å²) in [7, 11) is 0. The fourth-order valence-electron chi connectivity index (χ4n) is 2.05. The molecule has 2 aromatic rings. The summed E-state index contributed by atoms with van der Waals surface area (Å²) in [5.41, 5.74) is 6.36. The lowest BCUT2D eigenvalue weighted by Gasteiger charge is -2.14. The quantitative estimate of drug-likeness (QED) is 0.580. The lowest BCUT2D eigenvalue weighted by molar-refractivity contribution is -0.128. The number of ether oxygens (including phenoxy) is 1. The van der Waals surface area contributed by atoms with Crippen molar-refractivity contribution in [3.8, 4) is 0 Å². The van der Waals surface area contributed by atoms with Gasteiger partial charge in [-0.25, -0.2) is 15.0 Å². The third kappa shape index (κ3) is 1.67. The average Bonchev–Trinajstić information content (AvgIpc) is 2.94. The van der Waals surface area contributed by atoms with Crippen LogP contribution in [0.4, 0.5) is 5.82 Å². The molecule has 9 heteroatoms. The number of ketones is 1. The van der Waals surface area contributed by atoms with Crippen molar-refractivity contribution in [2.45, 2.75) is 18.4 Å². The van der Waals surface area contributed by atoms with E-state index in [0.717, 1.165) is 0 Å². The Bertz CT molecular complexity index is 642. The molecule has 3 atom stereocenters. The molecule has 1 aliphatic rings. The first-order valence-corrected chi connectivity index (χ1v) is 5.54. The number of aromatic nitrogens is 4. The maximum atomic E-state index is 11.6. The van der Waals surface area contributed by atoms with Gasteiger partial charge in [0.2, 0.25) is 0 Å². The van der Waals surface area contributed by atoms with Crippen LogP contribution in [-0.4, -0.2) is 54.3 Å². The van der Waals surface area contributed by atoms with Gasteiger partial charge in [-0.1, -0.05) is 0 Å². The predicted octanol–water partition coefficient (Wildman–Crippen LogP) is -1.77. The molecule has 1 aliphatic heterocycles. The Morgan fingerprint density at radius 1 is 1.42 bits per heavy atom. The van der Waals surface area contributed by atoms with Crippen molar-refractivity contribution < 1.29 is 19.7 Å². The summed E-state index contributed by atoms with van der Waals surface area (Å²) in [6.07, 6.45) is -0.801. The zero-order valence-electron chi connectivity index (χ0n) is 9.67. The molecule has 0 unspecified atom stereocenters. The molecule has 100 valence electrons. The van der Waals surface area contributed by atoms with E-state index >= 15 is 0 Å². The Morgan fingerprint density at radius 2 is 2.21 bits per heavy atom. The van der Waals surface area contributed by atoms with Crippen LogP contribution in [0.1, 0.15) is 6.23 Å². The number of carbonyl (C=O) groups excluding carboxylic acids is 1. The molecule has 0 bridgehead atoms. The summed E-state index contributed by atoms with van der Waals surface area (Å²) in [6, 6.07) is 0. The van der Waals surface area contributed by atoms with Crippen molar-refractivity contribution in [3.63, 3.8) is 0 Å². The number of rotatable bonds is 2. The van der Waals surface area contributed by atoms with Crippen LogP contribution in [-0.2, 0) is 9.53 Å². The molecule has 1 saturated heterocycles. The van der Waals surface area contributed by atoms with E-state index in [1.54, 1.807) is 0 Å². The van der Waals surface area contributed by atoms with Gasteiger partial charge in [0.25, 0.3) is 0 Å². The van der Waals surface area contributed by atoms with Crippen molar-refractivity contribution in [2.75, 3.05) is 12.3 Å². The lowest BCUT2D eigenvalue weighted by atomic mass is 10.2. The number of carbonyl (C=O) groups is 1. The number of aliphatic hydroxyl groups excluding tert-OH is 2. The van der Waals surface area contributed by atoms with E-state index in [0.29, 0.717) is 11.2 Å². The van der Waals surface area contributed by atoms with Crippen LogP contribution < -0.4 is 5.73 Å². The molecule has 0 spiro atoms. The Labute approximate surface area is 106 Å². The molecule has 0 saturated carbocycles. The second-order valence-electron chi connectivity index (χ2n) is 4.13. The first-order chi connectivity index (χ1) is 9.13. The second kappa shape index (κ2) is 4.23. The third-order valence-corrected chi connectivity index (χ3v) is 3.01. The van der Waals surface area contributed by atoms with Gasteiger partial charge in [-0.15, -0.1) is 0 Å². The number of nitrogen functional groups attached to an aromatic ring is 1. The number of imidazole rings is 1. The number of Topliss-reactive ketones (excluding diaryl/α,β-unsaturated/α-hetero) is 1. The van der Waals surface area contributed by atoms with Crippen molar-refractivity contribution >= 4 is 22.8 Å². The molecular formula is C10H11N5O4. The number of anilines is 1. The number of fused-ring (bicyclic) bond motifs is 1. The molecule has 2 aromatic heterocycles. The molecule has 4 N–H and O–H groups in total.